The van der Waals surface area contributed by atoms with Crippen LogP contribution >= 0.6 is 11.3 Å². The number of ether oxygens (including phenoxy) is 1. The van der Waals surface area contributed by atoms with Gasteiger partial charge in [-0.25, -0.2) is 9.78 Å². The zero-order valence-electron chi connectivity index (χ0n) is 20.4. The predicted octanol–water partition coefficient (Wildman–Crippen LogP) is 5.33. The highest BCUT2D eigenvalue weighted by Gasteiger charge is 2.52. The largest absolute Gasteiger partial charge is 0.492 e. The molecule has 182 valence electrons. The van der Waals surface area contributed by atoms with E-state index in [1.165, 1.54) is 11.3 Å². The maximum atomic E-state index is 12.4. The number of thiazole rings is 1. The van der Waals surface area contributed by atoms with Crippen molar-refractivity contribution in [1.29, 1.82) is 0 Å². The number of carbonyl (C=O) groups is 1. The number of rotatable bonds is 7. The first-order chi connectivity index (χ1) is 16.6. The molecule has 9 heteroatoms. The van der Waals surface area contributed by atoms with Gasteiger partial charge in [-0.05, 0) is 44.3 Å². The van der Waals surface area contributed by atoms with Crippen molar-refractivity contribution in [3.05, 3.63) is 76.6 Å². The summed E-state index contributed by atoms with van der Waals surface area (Å²) in [5.74, 6) is 0. The molecular formula is C26H30BN3O4S. The fourth-order valence-electron chi connectivity index (χ4n) is 3.53. The van der Waals surface area contributed by atoms with Gasteiger partial charge < -0.3 is 25.1 Å². The fourth-order valence-corrected chi connectivity index (χ4v) is 4.10. The number of alkyl carbamates (subject to hydrolysis) is 1. The monoisotopic (exact) mass is 491 g/mol. The van der Waals surface area contributed by atoms with Crippen LogP contribution in [0.25, 0.3) is 17.3 Å². The molecule has 0 aliphatic carbocycles. The Balaban J connectivity index is 1.49. The smallest absolute Gasteiger partial charge is 0.445 e. The van der Waals surface area contributed by atoms with Gasteiger partial charge in [-0.15, -0.1) is 11.3 Å². The second-order valence-electron chi connectivity index (χ2n) is 9.42. The third-order valence-electron chi connectivity index (χ3n) is 6.29. The standard InChI is InChI=1S/C26H30BN3O4S/c1-25(2)26(3,4)34-27(33-25)21(15-29-24(31)32-16-19-8-6-5-7-9-19)14-18-10-12-20(13-11-18)22-17-35-23(28)30-22/h5-14,17H,15-16H2,1-4H3,(H2,28,30)(H,29,31). The molecule has 35 heavy (non-hydrogen) atoms. The Morgan fingerprint density at radius 1 is 1.09 bits per heavy atom. The lowest BCUT2D eigenvalue weighted by atomic mass is 9.77. The van der Waals surface area contributed by atoms with Crippen LogP contribution in [0, 0.1) is 0 Å². The zero-order chi connectivity index (χ0) is 25.1. The average molecular weight is 491 g/mol. The highest BCUT2D eigenvalue weighted by atomic mass is 32.1. The van der Waals surface area contributed by atoms with Crippen molar-refractivity contribution >= 4 is 35.8 Å². The van der Waals surface area contributed by atoms with E-state index in [9.17, 15) is 4.79 Å². The summed E-state index contributed by atoms with van der Waals surface area (Å²) < 4.78 is 17.9. The molecule has 1 fully saturated rings. The van der Waals surface area contributed by atoms with Gasteiger partial charge in [0.25, 0.3) is 0 Å². The van der Waals surface area contributed by atoms with Crippen LogP contribution < -0.4 is 11.1 Å². The third kappa shape index (κ3) is 6.11. The van der Waals surface area contributed by atoms with Crippen LogP contribution in [-0.4, -0.2) is 35.9 Å². The summed E-state index contributed by atoms with van der Waals surface area (Å²) in [5, 5.41) is 5.30. The summed E-state index contributed by atoms with van der Waals surface area (Å²) >= 11 is 1.41. The Labute approximate surface area is 210 Å². The minimum Gasteiger partial charge on any atom is -0.445 e. The molecule has 4 rings (SSSR count). The highest BCUT2D eigenvalue weighted by molar-refractivity contribution is 7.13. The summed E-state index contributed by atoms with van der Waals surface area (Å²) in [5.41, 5.74) is 9.24. The average Bonchev–Trinajstić information content (AvgIpc) is 3.35. The molecule has 0 saturated carbocycles. The van der Waals surface area contributed by atoms with Crippen LogP contribution in [0.15, 0.2) is 65.4 Å². The minimum atomic E-state index is -0.604. The van der Waals surface area contributed by atoms with E-state index in [-0.39, 0.29) is 13.2 Å². The van der Waals surface area contributed by atoms with E-state index in [0.717, 1.165) is 27.9 Å². The summed E-state index contributed by atoms with van der Waals surface area (Å²) in [6.45, 7) is 8.42. The van der Waals surface area contributed by atoms with Crippen LogP contribution in [0.2, 0.25) is 0 Å². The zero-order valence-corrected chi connectivity index (χ0v) is 21.2. The molecule has 2 aromatic carbocycles. The first-order valence-corrected chi connectivity index (χ1v) is 12.3. The van der Waals surface area contributed by atoms with Gasteiger partial charge in [0.1, 0.15) is 6.61 Å². The van der Waals surface area contributed by atoms with Gasteiger partial charge in [0.05, 0.1) is 16.9 Å². The van der Waals surface area contributed by atoms with Gasteiger partial charge in [0.2, 0.25) is 0 Å². The van der Waals surface area contributed by atoms with Crippen molar-refractivity contribution in [2.75, 3.05) is 12.3 Å². The van der Waals surface area contributed by atoms with Crippen molar-refractivity contribution in [2.24, 2.45) is 0 Å². The molecule has 3 aromatic rings. The Kier molecular flexibility index (Phi) is 7.30. The number of hydrogen-bond acceptors (Lipinski definition) is 7. The lowest BCUT2D eigenvalue weighted by Gasteiger charge is -2.32. The van der Waals surface area contributed by atoms with E-state index < -0.39 is 24.4 Å². The first-order valence-electron chi connectivity index (χ1n) is 11.4. The number of anilines is 1. The lowest BCUT2D eigenvalue weighted by molar-refractivity contribution is 0.00578. The number of nitrogens with two attached hydrogens (primary N) is 1. The minimum absolute atomic E-state index is 0.199. The third-order valence-corrected chi connectivity index (χ3v) is 6.96. The number of nitrogens with zero attached hydrogens (tertiary/aromatic N) is 1. The number of benzene rings is 2. The van der Waals surface area contributed by atoms with E-state index in [0.29, 0.717) is 5.13 Å². The molecule has 0 bridgehead atoms. The maximum Gasteiger partial charge on any atom is 0.492 e. The highest BCUT2D eigenvalue weighted by Crippen LogP contribution is 2.38. The molecule has 1 aromatic heterocycles. The van der Waals surface area contributed by atoms with Crippen LogP contribution in [-0.2, 0) is 20.7 Å². The molecule has 1 saturated heterocycles. The summed E-state index contributed by atoms with van der Waals surface area (Å²) in [7, 11) is -0.604. The molecule has 0 radical (unpaired) electrons. The topological polar surface area (TPSA) is 95.7 Å². The molecule has 0 atom stereocenters. The van der Waals surface area contributed by atoms with E-state index in [4.69, 9.17) is 19.8 Å². The van der Waals surface area contributed by atoms with E-state index in [1.54, 1.807) is 0 Å². The number of hydrogen-bond donors (Lipinski definition) is 2. The number of carbonyl (C=O) groups excluding carboxylic acids is 1. The van der Waals surface area contributed by atoms with Gasteiger partial charge in [0, 0.05) is 17.5 Å². The SMILES string of the molecule is CC1(C)OB(C(=Cc2ccc(-c3csc(N)n3)cc2)CNC(=O)OCc2ccccc2)OC1(C)C. The van der Waals surface area contributed by atoms with Crippen LogP contribution in [0.4, 0.5) is 9.93 Å². The molecule has 1 amide bonds. The quantitative estimate of drug-likeness (QED) is 0.434. The fraction of sp³-hybridized carbons (Fsp3) is 0.308. The summed E-state index contributed by atoms with van der Waals surface area (Å²) in [6.07, 6.45) is 1.46. The van der Waals surface area contributed by atoms with Crippen molar-refractivity contribution in [3.8, 4) is 11.3 Å². The summed E-state index contributed by atoms with van der Waals surface area (Å²) in [4.78, 5) is 16.7. The van der Waals surface area contributed by atoms with Crippen LogP contribution in [0.3, 0.4) is 0 Å². The number of nitrogens with one attached hydrogen (secondary N) is 1. The van der Waals surface area contributed by atoms with Crippen molar-refractivity contribution in [2.45, 2.75) is 45.5 Å². The van der Waals surface area contributed by atoms with Gasteiger partial charge in [0.15, 0.2) is 5.13 Å². The molecule has 3 N–H and O–H groups in total. The number of nitrogen functional groups attached to an aromatic ring is 1. The van der Waals surface area contributed by atoms with Crippen LogP contribution in [0.5, 0.6) is 0 Å². The molecule has 0 spiro atoms. The Hall–Kier alpha value is -3.14. The Morgan fingerprint density at radius 2 is 1.74 bits per heavy atom. The molecule has 7 nitrogen and oxygen atoms in total. The van der Waals surface area contributed by atoms with Gasteiger partial charge in [-0.2, -0.15) is 0 Å². The Morgan fingerprint density at radius 3 is 2.34 bits per heavy atom. The molecule has 1 aliphatic heterocycles. The molecule has 1 aliphatic rings. The normalized spacial score (nSPS) is 16.8. The first kappa shape index (κ1) is 25.0. The molecule has 2 heterocycles. The van der Waals surface area contributed by atoms with Gasteiger partial charge >= 0.3 is 13.2 Å². The lowest BCUT2D eigenvalue weighted by Crippen LogP contribution is -2.41. The molecule has 0 unspecified atom stereocenters. The van der Waals surface area contributed by atoms with E-state index >= 15 is 0 Å². The number of amides is 1. The molecular weight excluding hydrogens is 461 g/mol. The van der Waals surface area contributed by atoms with Crippen molar-refractivity contribution in [1.82, 2.24) is 10.3 Å². The summed E-state index contributed by atoms with van der Waals surface area (Å²) in [6, 6.07) is 17.5. The van der Waals surface area contributed by atoms with Gasteiger partial charge in [-0.1, -0.05) is 60.7 Å². The predicted molar refractivity (Wildman–Crippen MR) is 141 cm³/mol. The van der Waals surface area contributed by atoms with Crippen molar-refractivity contribution < 1.29 is 18.8 Å². The second kappa shape index (κ2) is 10.2. The maximum absolute atomic E-state index is 12.4. The number of aromatic nitrogens is 1. The van der Waals surface area contributed by atoms with E-state index in [1.807, 2.05) is 93.7 Å². The van der Waals surface area contributed by atoms with Gasteiger partial charge in [-0.3, -0.25) is 0 Å². The van der Waals surface area contributed by atoms with Crippen molar-refractivity contribution in [3.63, 3.8) is 0 Å². The second-order valence-corrected chi connectivity index (χ2v) is 10.3. The van der Waals surface area contributed by atoms with E-state index in [2.05, 4.69) is 10.3 Å². The Bertz CT molecular complexity index is 1180. The van der Waals surface area contributed by atoms with Crippen LogP contribution in [0.1, 0.15) is 38.8 Å².